The molecule has 3 aliphatic rings. The number of unbranched alkanes of at least 4 members (excludes halogenated alkanes) is 1. The van der Waals surface area contributed by atoms with Gasteiger partial charge in [0.2, 0.25) is 5.91 Å². The Morgan fingerprint density at radius 2 is 1.86 bits per heavy atom. The number of rotatable bonds is 5. The minimum atomic E-state index is -4.54. The molecule has 1 aliphatic carbocycles. The van der Waals surface area contributed by atoms with Crippen molar-refractivity contribution < 1.29 is 22.8 Å². The number of amides is 2. The molecular weight excluding hydrogens is 391 g/mol. The summed E-state index contributed by atoms with van der Waals surface area (Å²) in [6, 6.07) is -0.130. The maximum atomic E-state index is 13.0. The second-order valence-corrected chi connectivity index (χ2v) is 9.27. The summed E-state index contributed by atoms with van der Waals surface area (Å²) in [6.45, 7) is 4.45. The van der Waals surface area contributed by atoms with Gasteiger partial charge in [0.15, 0.2) is 5.01 Å². The number of aromatic nitrogens is 1. The SMILES string of the molecule is CCCCC1(C(=O)N2C[C@@H]3C[C@H]2CN3C(=O)c2sc(C(F)(F)F)nc2C)CC1. The average molecular weight is 415 g/mol. The van der Waals surface area contributed by atoms with E-state index in [-0.39, 0.29) is 34.0 Å². The first-order chi connectivity index (χ1) is 13.2. The van der Waals surface area contributed by atoms with Crippen molar-refractivity contribution in [3.63, 3.8) is 0 Å². The van der Waals surface area contributed by atoms with Crippen LogP contribution in [0.1, 0.15) is 65.8 Å². The summed E-state index contributed by atoms with van der Waals surface area (Å²) in [4.78, 5) is 33.0. The smallest absolute Gasteiger partial charge is 0.335 e. The number of carbonyl (C=O) groups is 2. The predicted octanol–water partition coefficient (Wildman–Crippen LogP) is 3.87. The number of nitrogens with zero attached hydrogens (tertiary/aromatic N) is 3. The molecule has 2 aliphatic heterocycles. The molecule has 2 atom stereocenters. The Bertz CT molecular complexity index is 803. The topological polar surface area (TPSA) is 53.5 Å². The molecule has 154 valence electrons. The van der Waals surface area contributed by atoms with Gasteiger partial charge in [-0.2, -0.15) is 13.2 Å². The number of alkyl halides is 3. The van der Waals surface area contributed by atoms with Crippen LogP contribution in [0.15, 0.2) is 0 Å². The Morgan fingerprint density at radius 1 is 1.21 bits per heavy atom. The highest BCUT2D eigenvalue weighted by Crippen LogP contribution is 2.52. The summed E-state index contributed by atoms with van der Waals surface area (Å²) in [5, 5.41) is -0.985. The number of halogens is 3. The van der Waals surface area contributed by atoms with Crippen LogP contribution in [-0.4, -0.2) is 51.8 Å². The molecule has 0 radical (unpaired) electrons. The summed E-state index contributed by atoms with van der Waals surface area (Å²) in [5.41, 5.74) is -0.0694. The third-order valence-electron chi connectivity index (χ3n) is 6.31. The Labute approximate surface area is 165 Å². The number of aryl methyl sites for hydroxylation is 1. The van der Waals surface area contributed by atoms with E-state index in [1.165, 1.54) is 6.92 Å². The number of piperazine rings is 1. The highest BCUT2D eigenvalue weighted by molar-refractivity contribution is 7.13. The minimum absolute atomic E-state index is 0.0177. The van der Waals surface area contributed by atoms with Crippen molar-refractivity contribution in [1.82, 2.24) is 14.8 Å². The first-order valence-corrected chi connectivity index (χ1v) is 10.6. The second-order valence-electron chi connectivity index (χ2n) is 8.27. The van der Waals surface area contributed by atoms with Crippen LogP contribution >= 0.6 is 11.3 Å². The number of fused-ring (bicyclic) bond motifs is 2. The molecule has 0 spiro atoms. The summed E-state index contributed by atoms with van der Waals surface area (Å²) in [5.74, 6) is -0.175. The van der Waals surface area contributed by atoms with Crippen molar-refractivity contribution in [2.24, 2.45) is 5.41 Å². The van der Waals surface area contributed by atoms with Crippen molar-refractivity contribution >= 4 is 23.2 Å². The van der Waals surface area contributed by atoms with Gasteiger partial charge < -0.3 is 9.80 Å². The first-order valence-electron chi connectivity index (χ1n) is 9.83. The average Bonchev–Trinajstić information content (AvgIpc) is 2.97. The molecule has 5 nitrogen and oxygen atoms in total. The van der Waals surface area contributed by atoms with E-state index in [0.717, 1.165) is 32.1 Å². The maximum Gasteiger partial charge on any atom is 0.443 e. The molecule has 1 saturated carbocycles. The molecule has 2 saturated heterocycles. The zero-order valence-electron chi connectivity index (χ0n) is 16.0. The molecule has 9 heteroatoms. The molecule has 4 rings (SSSR count). The van der Waals surface area contributed by atoms with Gasteiger partial charge in [0, 0.05) is 18.5 Å². The summed E-state index contributed by atoms with van der Waals surface area (Å²) >= 11 is 0.411. The summed E-state index contributed by atoms with van der Waals surface area (Å²) < 4.78 is 38.7. The summed E-state index contributed by atoms with van der Waals surface area (Å²) in [7, 11) is 0. The molecule has 1 aromatic heterocycles. The van der Waals surface area contributed by atoms with Gasteiger partial charge in [-0.3, -0.25) is 9.59 Å². The Balaban J connectivity index is 1.44. The van der Waals surface area contributed by atoms with Gasteiger partial charge >= 0.3 is 6.18 Å². The van der Waals surface area contributed by atoms with Gasteiger partial charge in [-0.15, -0.1) is 11.3 Å². The van der Waals surface area contributed by atoms with Crippen LogP contribution in [0, 0.1) is 12.3 Å². The van der Waals surface area contributed by atoms with Crippen molar-refractivity contribution in [2.75, 3.05) is 13.1 Å². The number of hydrogen-bond acceptors (Lipinski definition) is 4. The van der Waals surface area contributed by atoms with E-state index in [0.29, 0.717) is 30.8 Å². The third kappa shape index (κ3) is 3.21. The molecule has 28 heavy (non-hydrogen) atoms. The first kappa shape index (κ1) is 19.7. The number of carbonyl (C=O) groups excluding carboxylic acids is 2. The van der Waals surface area contributed by atoms with E-state index in [1.807, 2.05) is 4.90 Å². The van der Waals surface area contributed by atoms with E-state index in [4.69, 9.17) is 0 Å². The van der Waals surface area contributed by atoms with Gasteiger partial charge in [-0.25, -0.2) is 4.98 Å². The molecule has 0 N–H and O–H groups in total. The lowest BCUT2D eigenvalue weighted by Gasteiger charge is -2.36. The van der Waals surface area contributed by atoms with E-state index in [1.54, 1.807) is 4.90 Å². The van der Waals surface area contributed by atoms with Crippen molar-refractivity contribution in [3.05, 3.63) is 15.6 Å². The van der Waals surface area contributed by atoms with Gasteiger partial charge in [-0.1, -0.05) is 19.8 Å². The van der Waals surface area contributed by atoms with E-state index >= 15 is 0 Å². The molecular formula is C19H24F3N3O2S. The van der Waals surface area contributed by atoms with Crippen molar-refractivity contribution in [1.29, 1.82) is 0 Å². The minimum Gasteiger partial charge on any atom is -0.335 e. The Hall–Kier alpha value is -1.64. The Kier molecular flexibility index (Phi) is 4.71. The predicted molar refractivity (Wildman–Crippen MR) is 98.0 cm³/mol. The number of likely N-dealkylation sites (tertiary alicyclic amines) is 2. The molecule has 2 bridgehead atoms. The zero-order valence-corrected chi connectivity index (χ0v) is 16.8. The fourth-order valence-corrected chi connectivity index (χ4v) is 5.44. The highest BCUT2D eigenvalue weighted by Gasteiger charge is 2.56. The molecule has 0 aromatic carbocycles. The maximum absolute atomic E-state index is 13.0. The normalized spacial score (nSPS) is 25.5. The van der Waals surface area contributed by atoms with Crippen molar-refractivity contribution in [3.8, 4) is 0 Å². The molecule has 0 unspecified atom stereocenters. The molecule has 1 aromatic rings. The fraction of sp³-hybridized carbons (Fsp3) is 0.737. The lowest BCUT2D eigenvalue weighted by Crippen LogP contribution is -2.52. The number of hydrogen-bond donors (Lipinski definition) is 0. The van der Waals surface area contributed by atoms with Gasteiger partial charge in [-0.05, 0) is 32.6 Å². The van der Waals surface area contributed by atoms with E-state index in [2.05, 4.69) is 11.9 Å². The van der Waals surface area contributed by atoms with Crippen molar-refractivity contribution in [2.45, 2.75) is 70.6 Å². The van der Waals surface area contributed by atoms with Crippen LogP contribution in [0.25, 0.3) is 0 Å². The van der Waals surface area contributed by atoms with Crippen LogP contribution in [-0.2, 0) is 11.0 Å². The molecule has 3 heterocycles. The van der Waals surface area contributed by atoms with Crippen LogP contribution < -0.4 is 0 Å². The van der Waals surface area contributed by atoms with Crippen LogP contribution in [0.3, 0.4) is 0 Å². The third-order valence-corrected chi connectivity index (χ3v) is 7.50. The zero-order chi connectivity index (χ0) is 20.3. The lowest BCUT2D eigenvalue weighted by atomic mass is 9.97. The summed E-state index contributed by atoms with van der Waals surface area (Å²) in [6.07, 6.45) is 1.11. The van der Waals surface area contributed by atoms with E-state index < -0.39 is 17.1 Å². The van der Waals surface area contributed by atoms with Gasteiger partial charge in [0.25, 0.3) is 5.91 Å². The van der Waals surface area contributed by atoms with Crippen LogP contribution in [0.5, 0.6) is 0 Å². The lowest BCUT2D eigenvalue weighted by molar-refractivity contribution is -0.139. The van der Waals surface area contributed by atoms with Gasteiger partial charge in [0.1, 0.15) is 4.88 Å². The second kappa shape index (κ2) is 6.71. The molecule has 3 fully saturated rings. The van der Waals surface area contributed by atoms with Gasteiger partial charge in [0.05, 0.1) is 17.8 Å². The van der Waals surface area contributed by atoms with E-state index in [9.17, 15) is 22.8 Å². The standard InChI is InChI=1S/C19H24F3N3O2S/c1-3-4-5-18(6-7-18)17(27)25-10-12-8-13(25)9-24(12)15(26)14-11(2)23-16(28-14)19(20,21)22/h12-13H,3-10H2,1-2H3/t12-,13-/m0/s1. The highest BCUT2D eigenvalue weighted by atomic mass is 32.1. The molecule has 2 amide bonds. The van der Waals surface area contributed by atoms with Crippen LogP contribution in [0.4, 0.5) is 13.2 Å². The Morgan fingerprint density at radius 3 is 2.36 bits per heavy atom. The fourth-order valence-electron chi connectivity index (χ4n) is 4.55. The van der Waals surface area contributed by atoms with Crippen LogP contribution in [0.2, 0.25) is 0 Å². The monoisotopic (exact) mass is 415 g/mol. The number of thiazole rings is 1. The largest absolute Gasteiger partial charge is 0.443 e. The quantitative estimate of drug-likeness (QED) is 0.734.